The normalized spacial score (nSPS) is 12.0. The van der Waals surface area contributed by atoms with Gasteiger partial charge in [0.1, 0.15) is 0 Å². The van der Waals surface area contributed by atoms with Crippen molar-refractivity contribution in [2.45, 2.75) is 0 Å². The molecule has 5 heteroatoms. The van der Waals surface area contributed by atoms with Gasteiger partial charge < -0.3 is 0 Å². The summed E-state index contributed by atoms with van der Waals surface area (Å²) >= 11 is 0. The second kappa shape index (κ2) is 2.62. The molecule has 38 valence electrons. The monoisotopic (exact) mass is 210 g/mol. The molecule has 0 atom stereocenters. The molecule has 0 unspecified atom stereocenters. The third-order valence-corrected chi connectivity index (χ3v) is 3.61. The van der Waals surface area contributed by atoms with Crippen LogP contribution in [0.3, 0.4) is 0 Å². The standard InChI is InChI=1S/CH3Cl3GeO/c1-6-5(2,3)4/h1H3. The van der Waals surface area contributed by atoms with Crippen LogP contribution in [0.5, 0.6) is 0 Å². The van der Waals surface area contributed by atoms with E-state index in [4.69, 9.17) is 30.0 Å². The molecule has 0 heterocycles. The van der Waals surface area contributed by atoms with Gasteiger partial charge in [0.15, 0.2) is 0 Å². The van der Waals surface area contributed by atoms with Crippen molar-refractivity contribution in [3.8, 4) is 0 Å². The molecule has 1 nitrogen and oxygen atoms in total. The third-order valence-electron chi connectivity index (χ3n) is 0.231. The average Bonchev–Trinajstić information content (AvgIpc) is 1.35. The molecule has 0 bridgehead atoms. The summed E-state index contributed by atoms with van der Waals surface area (Å²) in [7, 11) is 13.9. The molecule has 0 aliphatic carbocycles. The van der Waals surface area contributed by atoms with Crippen LogP contribution in [0.25, 0.3) is 0 Å². The van der Waals surface area contributed by atoms with E-state index in [1.165, 1.54) is 7.11 Å². The summed E-state index contributed by atoms with van der Waals surface area (Å²) < 4.78 is 4.42. The van der Waals surface area contributed by atoms with Crippen molar-refractivity contribution in [2.24, 2.45) is 0 Å². The number of hydrogen-bond acceptors (Lipinski definition) is 1. The second-order valence-electron chi connectivity index (χ2n) is 0.650. The van der Waals surface area contributed by atoms with Gasteiger partial charge in [0, 0.05) is 0 Å². The van der Waals surface area contributed by atoms with Gasteiger partial charge in [0.05, 0.1) is 0 Å². The maximum atomic E-state index is 5.21. The summed E-state index contributed by atoms with van der Waals surface area (Å²) in [6.45, 7) is 0. The summed E-state index contributed by atoms with van der Waals surface area (Å²) in [5.41, 5.74) is 0. The molecule has 0 radical (unpaired) electrons. The van der Waals surface area contributed by atoms with Crippen molar-refractivity contribution in [3.05, 3.63) is 0 Å². The van der Waals surface area contributed by atoms with Crippen molar-refractivity contribution in [1.82, 2.24) is 0 Å². The zero-order valence-electron chi connectivity index (χ0n) is 3.04. The summed E-state index contributed by atoms with van der Waals surface area (Å²) in [6.07, 6.45) is 0. The van der Waals surface area contributed by atoms with E-state index in [1.807, 2.05) is 0 Å². The van der Waals surface area contributed by atoms with Crippen LogP contribution in [0.2, 0.25) is 0 Å². The molecule has 0 aromatic carbocycles. The predicted octanol–water partition coefficient (Wildman–Crippen LogP) is 1.78. The van der Waals surface area contributed by atoms with E-state index in [1.54, 1.807) is 0 Å². The van der Waals surface area contributed by atoms with E-state index in [0.29, 0.717) is 0 Å². The van der Waals surface area contributed by atoms with Gasteiger partial charge >= 0.3 is 51.7 Å². The molecule has 0 spiro atoms. The van der Waals surface area contributed by atoms with Gasteiger partial charge in [-0.05, 0) is 0 Å². The van der Waals surface area contributed by atoms with Crippen molar-refractivity contribution in [2.75, 3.05) is 7.11 Å². The van der Waals surface area contributed by atoms with Gasteiger partial charge in [-0.15, -0.1) is 0 Å². The Labute approximate surface area is 51.8 Å². The first kappa shape index (κ1) is 7.37. The number of halogens is 3. The first-order valence-corrected chi connectivity index (χ1v) is 10.3. The Morgan fingerprint density at radius 3 is 1.50 bits per heavy atom. The molecule has 0 rings (SSSR count). The predicted molar refractivity (Wildman–Crippen MR) is 30.3 cm³/mol. The van der Waals surface area contributed by atoms with Crippen LogP contribution in [0, 0.1) is 0 Å². The van der Waals surface area contributed by atoms with Gasteiger partial charge in [0.25, 0.3) is 0 Å². The Bertz CT molecular complexity index is 40.5. The molecule has 0 fully saturated rings. The van der Waals surface area contributed by atoms with Crippen molar-refractivity contribution in [1.29, 1.82) is 0 Å². The molecule has 0 aromatic heterocycles. The molecule has 0 aliphatic heterocycles. The minimum absolute atomic E-state index is 1.40. The number of rotatable bonds is 1. The van der Waals surface area contributed by atoms with Gasteiger partial charge in [0.2, 0.25) is 0 Å². The van der Waals surface area contributed by atoms with E-state index in [0.717, 1.165) is 0 Å². The Morgan fingerprint density at radius 1 is 1.33 bits per heavy atom. The molecule has 0 saturated carbocycles. The number of hydrogen-bond donors (Lipinski definition) is 0. The van der Waals surface area contributed by atoms with Crippen LogP contribution in [0.4, 0.5) is 0 Å². The fourth-order valence-corrected chi connectivity index (χ4v) is 0. The van der Waals surface area contributed by atoms with Crippen LogP contribution >= 0.6 is 30.0 Å². The van der Waals surface area contributed by atoms with E-state index in [2.05, 4.69) is 3.76 Å². The molecule has 0 saturated heterocycles. The molecular formula is CH3Cl3GeO. The van der Waals surface area contributed by atoms with Crippen LogP contribution < -0.4 is 0 Å². The molecule has 0 aliphatic rings. The summed E-state index contributed by atoms with van der Waals surface area (Å²) in [4.78, 5) is 0. The minimum atomic E-state index is -3.12. The van der Waals surface area contributed by atoms with Crippen LogP contribution in [-0.4, -0.2) is 17.9 Å². The Balaban J connectivity index is 3.17. The molecular weight excluding hydrogens is 207 g/mol. The summed E-state index contributed by atoms with van der Waals surface area (Å²) in [6, 6.07) is 0. The topological polar surface area (TPSA) is 9.23 Å². The molecule has 0 amide bonds. The first-order chi connectivity index (χ1) is 2.56. The van der Waals surface area contributed by atoms with Gasteiger partial charge in [-0.2, -0.15) is 0 Å². The van der Waals surface area contributed by atoms with E-state index in [-0.39, 0.29) is 0 Å². The van der Waals surface area contributed by atoms with E-state index in [9.17, 15) is 0 Å². The Morgan fingerprint density at radius 2 is 1.50 bits per heavy atom. The van der Waals surface area contributed by atoms with Gasteiger partial charge in [-0.1, -0.05) is 0 Å². The fourth-order valence-electron chi connectivity index (χ4n) is 0. The van der Waals surface area contributed by atoms with E-state index < -0.39 is 10.8 Å². The van der Waals surface area contributed by atoms with Crippen molar-refractivity contribution in [3.63, 3.8) is 0 Å². The van der Waals surface area contributed by atoms with Crippen LogP contribution in [0.15, 0.2) is 0 Å². The quantitative estimate of drug-likeness (QED) is 0.599. The average molecular weight is 210 g/mol. The first-order valence-electron chi connectivity index (χ1n) is 1.18. The summed E-state index contributed by atoms with van der Waals surface area (Å²) in [5, 5.41) is 0. The Kier molecular flexibility index (Phi) is 3.22. The molecule has 6 heavy (non-hydrogen) atoms. The van der Waals surface area contributed by atoms with Gasteiger partial charge in [-0.3, -0.25) is 0 Å². The van der Waals surface area contributed by atoms with E-state index >= 15 is 0 Å². The van der Waals surface area contributed by atoms with Crippen LogP contribution in [-0.2, 0) is 3.76 Å². The maximum absolute atomic E-state index is 5.21. The molecule has 0 N–H and O–H groups in total. The van der Waals surface area contributed by atoms with Crippen molar-refractivity contribution >= 4 is 40.8 Å². The zero-order chi connectivity index (χ0) is 5.21. The summed E-state index contributed by atoms with van der Waals surface area (Å²) in [5.74, 6) is 0. The van der Waals surface area contributed by atoms with Gasteiger partial charge in [-0.25, -0.2) is 0 Å². The van der Waals surface area contributed by atoms with Crippen molar-refractivity contribution < 1.29 is 3.76 Å². The third kappa shape index (κ3) is 5.37. The second-order valence-corrected chi connectivity index (χ2v) is 14.7. The zero-order valence-corrected chi connectivity index (χ0v) is 7.41. The fraction of sp³-hybridized carbons (Fsp3) is 1.00. The Hall–Kier alpha value is 1.37. The molecule has 0 aromatic rings. The SMILES string of the molecule is C[O][Ge]([Cl])([Cl])[Cl]. The van der Waals surface area contributed by atoms with Crippen LogP contribution in [0.1, 0.15) is 0 Å².